The van der Waals surface area contributed by atoms with Crippen molar-refractivity contribution in [3.63, 3.8) is 0 Å². The number of rotatable bonds is 5. The van der Waals surface area contributed by atoms with Crippen LogP contribution in [0.3, 0.4) is 0 Å². The number of phenols is 1. The van der Waals surface area contributed by atoms with Crippen LogP contribution in [0.1, 0.15) is 31.2 Å². The first-order valence-corrected chi connectivity index (χ1v) is 7.26. The van der Waals surface area contributed by atoms with Crippen LogP contribution < -0.4 is 10.1 Å². The van der Waals surface area contributed by atoms with E-state index in [0.29, 0.717) is 10.2 Å². The number of ether oxygens (including phenoxy) is 1. The van der Waals surface area contributed by atoms with Crippen molar-refractivity contribution in [1.29, 1.82) is 0 Å². The van der Waals surface area contributed by atoms with Gasteiger partial charge >= 0.3 is 0 Å². The highest BCUT2D eigenvalue weighted by molar-refractivity contribution is 9.10. The molecule has 1 saturated carbocycles. The molecule has 1 aromatic rings. The van der Waals surface area contributed by atoms with Gasteiger partial charge in [0.2, 0.25) is 0 Å². The second-order valence-electron chi connectivity index (χ2n) is 4.91. The molecule has 18 heavy (non-hydrogen) atoms. The van der Waals surface area contributed by atoms with E-state index in [1.807, 2.05) is 12.1 Å². The molecule has 0 radical (unpaired) electrons. The Kier molecular flexibility index (Phi) is 4.89. The van der Waals surface area contributed by atoms with Gasteiger partial charge in [-0.3, -0.25) is 0 Å². The Hall–Kier alpha value is -0.740. The molecule has 0 aromatic heterocycles. The molecule has 100 valence electrons. The maximum absolute atomic E-state index is 9.73. The fourth-order valence-corrected chi connectivity index (χ4v) is 3.01. The summed E-state index contributed by atoms with van der Waals surface area (Å²) in [5.41, 5.74) is 1.12. The van der Waals surface area contributed by atoms with Gasteiger partial charge in [-0.15, -0.1) is 0 Å². The lowest BCUT2D eigenvalue weighted by molar-refractivity contribution is 0.371. The lowest BCUT2D eigenvalue weighted by Gasteiger charge is -2.12. The lowest BCUT2D eigenvalue weighted by atomic mass is 10.1. The Morgan fingerprint density at radius 3 is 2.78 bits per heavy atom. The molecule has 0 unspecified atom stereocenters. The molecule has 0 saturated heterocycles. The Morgan fingerprint density at radius 2 is 2.11 bits per heavy atom. The summed E-state index contributed by atoms with van der Waals surface area (Å²) in [6.07, 6.45) is 5.47. The molecule has 1 aliphatic rings. The summed E-state index contributed by atoms with van der Waals surface area (Å²) in [7, 11) is 1.57. The third-order valence-corrected chi connectivity index (χ3v) is 4.15. The molecular formula is C14H20BrNO2. The summed E-state index contributed by atoms with van der Waals surface area (Å²) < 4.78 is 5.82. The van der Waals surface area contributed by atoms with Gasteiger partial charge in [0.05, 0.1) is 11.6 Å². The normalized spacial score (nSPS) is 16.1. The fraction of sp³-hybridized carbons (Fsp3) is 0.571. The van der Waals surface area contributed by atoms with E-state index in [1.54, 1.807) is 7.11 Å². The average Bonchev–Trinajstić information content (AvgIpc) is 2.86. The minimum Gasteiger partial charge on any atom is -0.503 e. The number of nitrogens with one attached hydrogen (secondary N) is 1. The summed E-state index contributed by atoms with van der Waals surface area (Å²) >= 11 is 3.34. The molecule has 0 aliphatic heterocycles. The molecule has 0 bridgehead atoms. The minimum absolute atomic E-state index is 0.164. The second-order valence-corrected chi connectivity index (χ2v) is 5.76. The van der Waals surface area contributed by atoms with E-state index in [0.717, 1.165) is 24.6 Å². The largest absolute Gasteiger partial charge is 0.503 e. The molecule has 0 atom stereocenters. The zero-order valence-electron chi connectivity index (χ0n) is 10.7. The number of methoxy groups -OCH3 is 1. The van der Waals surface area contributed by atoms with Gasteiger partial charge in [-0.2, -0.15) is 0 Å². The van der Waals surface area contributed by atoms with E-state index in [1.165, 1.54) is 25.7 Å². The number of hydrogen-bond donors (Lipinski definition) is 2. The van der Waals surface area contributed by atoms with Crippen molar-refractivity contribution in [3.05, 3.63) is 22.2 Å². The van der Waals surface area contributed by atoms with E-state index in [2.05, 4.69) is 21.2 Å². The first kappa shape index (κ1) is 13.7. The molecule has 1 fully saturated rings. The van der Waals surface area contributed by atoms with Crippen molar-refractivity contribution in [2.45, 2.75) is 32.2 Å². The van der Waals surface area contributed by atoms with E-state index in [4.69, 9.17) is 4.74 Å². The Labute approximate surface area is 117 Å². The summed E-state index contributed by atoms with van der Waals surface area (Å²) in [5.74, 6) is 1.52. The summed E-state index contributed by atoms with van der Waals surface area (Å²) in [6, 6.07) is 3.81. The van der Waals surface area contributed by atoms with Crippen LogP contribution in [-0.4, -0.2) is 18.8 Å². The highest BCUT2D eigenvalue weighted by Crippen LogP contribution is 2.35. The number of aromatic hydroxyl groups is 1. The van der Waals surface area contributed by atoms with Crippen molar-refractivity contribution in [3.8, 4) is 11.5 Å². The number of phenolic OH excluding ortho intramolecular Hbond substituents is 1. The number of halogens is 1. The van der Waals surface area contributed by atoms with E-state index in [-0.39, 0.29) is 5.75 Å². The molecular weight excluding hydrogens is 294 g/mol. The van der Waals surface area contributed by atoms with Crippen LogP contribution in [0.5, 0.6) is 11.5 Å². The molecule has 2 rings (SSSR count). The first-order chi connectivity index (χ1) is 8.70. The van der Waals surface area contributed by atoms with Crippen molar-refractivity contribution in [1.82, 2.24) is 5.32 Å². The average molecular weight is 314 g/mol. The van der Waals surface area contributed by atoms with Crippen LogP contribution in [0, 0.1) is 5.92 Å². The minimum atomic E-state index is 0.164. The quantitative estimate of drug-likeness (QED) is 0.875. The summed E-state index contributed by atoms with van der Waals surface area (Å²) in [6.45, 7) is 1.90. The van der Waals surface area contributed by atoms with Crippen molar-refractivity contribution < 1.29 is 9.84 Å². The Bertz CT molecular complexity index is 403. The van der Waals surface area contributed by atoms with Crippen LogP contribution in [-0.2, 0) is 6.54 Å². The molecule has 0 heterocycles. The predicted molar refractivity (Wildman–Crippen MR) is 76.0 cm³/mol. The Balaban J connectivity index is 1.90. The maximum Gasteiger partial charge on any atom is 0.172 e. The molecule has 1 aliphatic carbocycles. The first-order valence-electron chi connectivity index (χ1n) is 6.47. The van der Waals surface area contributed by atoms with Crippen molar-refractivity contribution in [2.24, 2.45) is 5.92 Å². The highest BCUT2D eigenvalue weighted by atomic mass is 79.9. The third kappa shape index (κ3) is 3.39. The van der Waals surface area contributed by atoms with Crippen LogP contribution in [0.2, 0.25) is 0 Å². The molecule has 2 N–H and O–H groups in total. The number of benzene rings is 1. The van der Waals surface area contributed by atoms with Crippen molar-refractivity contribution in [2.75, 3.05) is 13.7 Å². The standard InChI is InChI=1S/C14H20BrNO2/c1-18-13-7-11(6-12(15)14(13)17)9-16-8-10-4-2-3-5-10/h6-7,10,16-17H,2-5,8-9H2,1H3. The second kappa shape index (κ2) is 6.43. The molecule has 4 heteroatoms. The van der Waals surface area contributed by atoms with E-state index >= 15 is 0 Å². The topological polar surface area (TPSA) is 41.5 Å². The fourth-order valence-electron chi connectivity index (χ4n) is 2.52. The lowest BCUT2D eigenvalue weighted by Crippen LogP contribution is -2.20. The van der Waals surface area contributed by atoms with Crippen LogP contribution in [0.15, 0.2) is 16.6 Å². The van der Waals surface area contributed by atoms with Gasteiger partial charge in [-0.25, -0.2) is 0 Å². The molecule has 0 spiro atoms. The summed E-state index contributed by atoms with van der Waals surface area (Å²) in [4.78, 5) is 0. The monoisotopic (exact) mass is 313 g/mol. The molecule has 1 aromatic carbocycles. The molecule has 3 nitrogen and oxygen atoms in total. The highest BCUT2D eigenvalue weighted by Gasteiger charge is 2.14. The van der Waals surface area contributed by atoms with Crippen LogP contribution in [0.25, 0.3) is 0 Å². The zero-order valence-corrected chi connectivity index (χ0v) is 12.3. The maximum atomic E-state index is 9.73. The van der Waals surface area contributed by atoms with Gasteiger partial charge in [0.15, 0.2) is 11.5 Å². The smallest absolute Gasteiger partial charge is 0.172 e. The number of hydrogen-bond acceptors (Lipinski definition) is 3. The van der Waals surface area contributed by atoms with Gasteiger partial charge in [0.1, 0.15) is 0 Å². The Morgan fingerprint density at radius 1 is 1.39 bits per heavy atom. The molecule has 0 amide bonds. The van der Waals surface area contributed by atoms with Crippen molar-refractivity contribution >= 4 is 15.9 Å². The third-order valence-electron chi connectivity index (χ3n) is 3.55. The van der Waals surface area contributed by atoms with Gasteiger partial charge in [-0.05, 0) is 58.9 Å². The van der Waals surface area contributed by atoms with Crippen LogP contribution >= 0.6 is 15.9 Å². The van der Waals surface area contributed by atoms with Crippen LogP contribution in [0.4, 0.5) is 0 Å². The summed E-state index contributed by atoms with van der Waals surface area (Å²) in [5, 5.41) is 13.2. The van der Waals surface area contributed by atoms with Gasteiger partial charge in [-0.1, -0.05) is 12.8 Å². The van der Waals surface area contributed by atoms with Gasteiger partial charge in [0.25, 0.3) is 0 Å². The van der Waals surface area contributed by atoms with E-state index < -0.39 is 0 Å². The zero-order chi connectivity index (χ0) is 13.0. The van der Waals surface area contributed by atoms with Gasteiger partial charge < -0.3 is 15.2 Å². The SMILES string of the molecule is COc1cc(CNCC2CCCC2)cc(Br)c1O. The predicted octanol–water partition coefficient (Wildman–Crippen LogP) is 3.44. The van der Waals surface area contributed by atoms with E-state index in [9.17, 15) is 5.11 Å². The van der Waals surface area contributed by atoms with Gasteiger partial charge in [0, 0.05) is 6.54 Å².